The molecule has 24 heavy (non-hydrogen) atoms. The normalized spacial score (nSPS) is 39.1. The van der Waals surface area contributed by atoms with E-state index in [1.807, 2.05) is 0 Å². The summed E-state index contributed by atoms with van der Waals surface area (Å²) in [5, 5.41) is 5.58. The number of esters is 1. The van der Waals surface area contributed by atoms with Crippen LogP contribution in [-0.2, 0) is 19.6 Å². The highest BCUT2D eigenvalue weighted by molar-refractivity contribution is 7.87. The summed E-state index contributed by atoms with van der Waals surface area (Å²) in [5.41, 5.74) is -1.24. The highest BCUT2D eigenvalue weighted by Crippen LogP contribution is 2.64. The Labute approximate surface area is 139 Å². The number of hydrogen-bond acceptors (Lipinski definition) is 5. The van der Waals surface area contributed by atoms with E-state index in [2.05, 4.69) is 0 Å². The van der Waals surface area contributed by atoms with E-state index in [-0.39, 0.29) is 17.3 Å². The highest BCUT2D eigenvalue weighted by Gasteiger charge is 2.63. The molecule has 0 aromatic rings. The second-order valence-corrected chi connectivity index (χ2v) is 9.63. The van der Waals surface area contributed by atoms with Gasteiger partial charge in [0.25, 0.3) is 0 Å². The van der Waals surface area contributed by atoms with Crippen LogP contribution in [0.2, 0.25) is 0 Å². The number of aliphatic hydroxyl groups is 1. The van der Waals surface area contributed by atoms with Gasteiger partial charge in [0.2, 0.25) is 0 Å². The molecule has 4 saturated carbocycles. The Morgan fingerprint density at radius 2 is 1.67 bits per heavy atom. The summed E-state index contributed by atoms with van der Waals surface area (Å²) in [7, 11) is -5.86. The van der Waals surface area contributed by atoms with Gasteiger partial charge in [0, 0.05) is 0 Å². The van der Waals surface area contributed by atoms with E-state index in [9.17, 15) is 27.1 Å². The van der Waals surface area contributed by atoms with E-state index in [4.69, 9.17) is 9.29 Å². The van der Waals surface area contributed by atoms with Crippen molar-refractivity contribution in [2.45, 2.75) is 62.9 Å². The zero-order valence-electron chi connectivity index (χ0n) is 13.5. The molecular weight excluding hydrogens is 346 g/mol. The Balaban J connectivity index is 1.81. The van der Waals surface area contributed by atoms with Crippen LogP contribution in [0.5, 0.6) is 0 Å². The first kappa shape index (κ1) is 18.0. The number of rotatable bonds is 4. The second kappa shape index (κ2) is 5.11. The van der Waals surface area contributed by atoms with Crippen LogP contribution in [-0.4, -0.2) is 41.0 Å². The van der Waals surface area contributed by atoms with Crippen LogP contribution in [0.1, 0.15) is 46.0 Å². The molecule has 2 N–H and O–H groups in total. The Bertz CT molecular complexity index is 637. The Kier molecular flexibility index (Phi) is 3.83. The minimum Gasteiger partial charge on any atom is -0.456 e. The van der Waals surface area contributed by atoms with E-state index < -0.39 is 33.0 Å². The van der Waals surface area contributed by atoms with Gasteiger partial charge in [0.15, 0.2) is 0 Å². The van der Waals surface area contributed by atoms with E-state index in [0.717, 1.165) is 6.42 Å². The lowest BCUT2D eigenvalue weighted by Crippen LogP contribution is -2.61. The topological polar surface area (TPSA) is 101 Å². The summed E-state index contributed by atoms with van der Waals surface area (Å²) in [4.78, 5) is 11.6. The van der Waals surface area contributed by atoms with Crippen LogP contribution in [0.4, 0.5) is 8.78 Å². The molecule has 4 bridgehead atoms. The van der Waals surface area contributed by atoms with Crippen LogP contribution in [0.25, 0.3) is 0 Å². The molecule has 138 valence electrons. The minimum atomic E-state index is -5.86. The van der Waals surface area contributed by atoms with Gasteiger partial charge < -0.3 is 9.84 Å². The first-order valence-electron chi connectivity index (χ1n) is 8.05. The molecule has 0 spiro atoms. The molecule has 0 aliphatic heterocycles. The Morgan fingerprint density at radius 3 is 2.08 bits per heavy atom. The lowest BCUT2D eigenvalue weighted by molar-refractivity contribution is -0.219. The van der Waals surface area contributed by atoms with Gasteiger partial charge in [-0.3, -0.25) is 4.55 Å². The molecule has 0 heterocycles. The largest absolute Gasteiger partial charge is 0.465 e. The molecule has 4 fully saturated rings. The van der Waals surface area contributed by atoms with Crippen LogP contribution in [0.3, 0.4) is 0 Å². The highest BCUT2D eigenvalue weighted by atomic mass is 32.2. The Morgan fingerprint density at radius 1 is 1.17 bits per heavy atom. The standard InChI is InChI=1S/C15H22F2O6S/c1-13(2,19)14-5-8-3-9(6-14)11(10(4-8)7-14)23-12(18)15(16,17)24(20,21)22/h8-11,19H,3-7H2,1-2H3,(H,20,21,22). The van der Waals surface area contributed by atoms with Crippen LogP contribution < -0.4 is 0 Å². The lowest BCUT2D eigenvalue weighted by Gasteiger charge is -2.62. The maximum atomic E-state index is 13.5. The third-order valence-corrected chi connectivity index (χ3v) is 7.10. The van der Waals surface area contributed by atoms with Gasteiger partial charge in [0.1, 0.15) is 6.10 Å². The van der Waals surface area contributed by atoms with Crippen LogP contribution in [0.15, 0.2) is 0 Å². The number of carbonyl (C=O) groups is 1. The van der Waals surface area contributed by atoms with Crippen molar-refractivity contribution in [3.8, 4) is 0 Å². The average Bonchev–Trinajstić information content (AvgIpc) is 2.39. The molecule has 0 saturated heterocycles. The molecule has 4 rings (SSSR count). The van der Waals surface area contributed by atoms with Crippen molar-refractivity contribution >= 4 is 16.1 Å². The van der Waals surface area contributed by atoms with E-state index in [0.29, 0.717) is 31.6 Å². The SMILES string of the molecule is CC(C)(O)C12CC3CC(C1)C(OC(=O)C(F)(F)S(=O)(=O)O)C(C3)C2. The van der Waals surface area contributed by atoms with Crippen molar-refractivity contribution in [3.63, 3.8) is 0 Å². The quantitative estimate of drug-likeness (QED) is 0.581. The summed E-state index contributed by atoms with van der Waals surface area (Å²) in [5.74, 6) is -2.22. The fraction of sp³-hybridized carbons (Fsp3) is 0.933. The monoisotopic (exact) mass is 368 g/mol. The molecule has 2 atom stereocenters. The molecular formula is C15H22F2O6S. The summed E-state index contributed by atoms with van der Waals surface area (Å²) in [6.07, 6.45) is 2.61. The number of alkyl halides is 2. The average molecular weight is 368 g/mol. The molecule has 4 aliphatic rings. The summed E-state index contributed by atoms with van der Waals surface area (Å²) >= 11 is 0. The molecule has 0 radical (unpaired) electrons. The third-order valence-electron chi connectivity index (χ3n) is 6.29. The molecule has 9 heteroatoms. The van der Waals surface area contributed by atoms with Crippen LogP contribution >= 0.6 is 0 Å². The van der Waals surface area contributed by atoms with Crippen molar-refractivity contribution in [1.82, 2.24) is 0 Å². The van der Waals surface area contributed by atoms with Crippen molar-refractivity contribution in [2.75, 3.05) is 0 Å². The van der Waals surface area contributed by atoms with Gasteiger partial charge in [-0.1, -0.05) is 0 Å². The van der Waals surface area contributed by atoms with E-state index in [1.165, 1.54) is 0 Å². The zero-order valence-corrected chi connectivity index (χ0v) is 14.4. The van der Waals surface area contributed by atoms with Gasteiger partial charge in [-0.2, -0.15) is 17.2 Å². The first-order chi connectivity index (χ1) is 10.8. The third kappa shape index (κ3) is 2.55. The maximum Gasteiger partial charge on any atom is 0.465 e. The fourth-order valence-electron chi connectivity index (χ4n) is 5.22. The summed E-state index contributed by atoms with van der Waals surface area (Å²) < 4.78 is 61.7. The maximum absolute atomic E-state index is 13.5. The van der Waals surface area contributed by atoms with Gasteiger partial charge in [-0.25, -0.2) is 4.79 Å². The number of ether oxygens (including phenoxy) is 1. The smallest absolute Gasteiger partial charge is 0.456 e. The predicted molar refractivity (Wildman–Crippen MR) is 78.7 cm³/mol. The van der Waals surface area contributed by atoms with Crippen molar-refractivity contribution < 1.29 is 36.4 Å². The van der Waals surface area contributed by atoms with Crippen molar-refractivity contribution in [1.29, 1.82) is 0 Å². The molecule has 0 amide bonds. The van der Waals surface area contributed by atoms with E-state index >= 15 is 0 Å². The zero-order chi connectivity index (χ0) is 18.1. The molecule has 2 unspecified atom stereocenters. The first-order valence-corrected chi connectivity index (χ1v) is 9.49. The lowest BCUT2D eigenvalue weighted by atomic mass is 9.45. The molecule has 4 aliphatic carbocycles. The van der Waals surface area contributed by atoms with Gasteiger partial charge in [0.05, 0.1) is 5.60 Å². The number of halogens is 2. The second-order valence-electron chi connectivity index (χ2n) is 8.17. The number of carbonyl (C=O) groups excluding carboxylic acids is 1. The summed E-state index contributed by atoms with van der Waals surface area (Å²) in [6, 6.07) is 0. The van der Waals surface area contributed by atoms with Gasteiger partial charge >= 0.3 is 21.3 Å². The van der Waals surface area contributed by atoms with Gasteiger partial charge in [-0.15, -0.1) is 0 Å². The number of hydrogen-bond donors (Lipinski definition) is 2. The van der Waals surface area contributed by atoms with Gasteiger partial charge in [-0.05, 0) is 69.1 Å². The predicted octanol–water partition coefficient (Wildman–Crippen LogP) is 1.98. The molecule has 0 aromatic carbocycles. The van der Waals surface area contributed by atoms with Crippen molar-refractivity contribution in [2.24, 2.45) is 23.2 Å². The Hall–Kier alpha value is -0.800. The molecule has 0 aromatic heterocycles. The van der Waals surface area contributed by atoms with E-state index in [1.54, 1.807) is 13.8 Å². The summed E-state index contributed by atoms with van der Waals surface area (Å²) in [6.45, 7) is 3.49. The van der Waals surface area contributed by atoms with Crippen molar-refractivity contribution in [3.05, 3.63) is 0 Å². The molecule has 6 nitrogen and oxygen atoms in total. The van der Waals surface area contributed by atoms with Crippen LogP contribution in [0, 0.1) is 23.2 Å². The fourth-order valence-corrected chi connectivity index (χ4v) is 5.48. The minimum absolute atomic E-state index is 0.177.